The summed E-state index contributed by atoms with van der Waals surface area (Å²) >= 11 is 14.7. The van der Waals surface area contributed by atoms with Crippen LogP contribution in [0.5, 0.6) is 0 Å². The lowest BCUT2D eigenvalue weighted by Gasteiger charge is -2.15. The molecule has 2 aromatic rings. The van der Waals surface area contributed by atoms with E-state index in [1.165, 1.54) is 23.1 Å². The zero-order chi connectivity index (χ0) is 14.5. The Hall–Kier alpha value is -0.820. The van der Waals surface area contributed by atoms with Crippen molar-refractivity contribution in [2.45, 2.75) is 17.3 Å². The third kappa shape index (κ3) is 4.34. The Morgan fingerprint density at radius 1 is 1.50 bits per heavy atom. The predicted octanol–water partition coefficient (Wildman–Crippen LogP) is 3.81. The highest BCUT2D eigenvalue weighted by molar-refractivity contribution is 8.01. The highest BCUT2D eigenvalue weighted by Gasteiger charge is 2.13. The van der Waals surface area contributed by atoms with Gasteiger partial charge >= 0.3 is 0 Å². The van der Waals surface area contributed by atoms with Crippen LogP contribution in [-0.2, 0) is 4.79 Å². The third-order valence-electron chi connectivity index (χ3n) is 2.47. The number of nitrogens with one attached hydrogen (secondary N) is 1. The number of carbonyl (C=O) groups is 1. The van der Waals surface area contributed by atoms with Crippen LogP contribution in [0.1, 0.15) is 18.5 Å². The number of amides is 1. The molecule has 2 rings (SSSR count). The van der Waals surface area contributed by atoms with E-state index in [-0.39, 0.29) is 11.9 Å². The fourth-order valence-electron chi connectivity index (χ4n) is 1.57. The van der Waals surface area contributed by atoms with Crippen molar-refractivity contribution in [3.8, 4) is 0 Å². The van der Waals surface area contributed by atoms with E-state index < -0.39 is 0 Å². The van der Waals surface area contributed by atoms with Crippen molar-refractivity contribution < 1.29 is 4.79 Å². The van der Waals surface area contributed by atoms with Crippen molar-refractivity contribution in [2.24, 2.45) is 0 Å². The van der Waals surface area contributed by atoms with Gasteiger partial charge in [-0.1, -0.05) is 52.4 Å². The van der Waals surface area contributed by atoms with E-state index in [1.807, 2.05) is 13.0 Å². The first-order valence-electron chi connectivity index (χ1n) is 5.69. The first-order chi connectivity index (χ1) is 9.56. The molecule has 4 nitrogen and oxygen atoms in total. The van der Waals surface area contributed by atoms with Gasteiger partial charge in [-0.05, 0) is 24.6 Å². The van der Waals surface area contributed by atoms with Gasteiger partial charge < -0.3 is 5.32 Å². The molecule has 106 valence electrons. The lowest BCUT2D eigenvalue weighted by molar-refractivity contribution is -0.119. The molecular formula is C12H11Cl2N3OS2. The molecule has 0 spiro atoms. The average Bonchev–Trinajstić information content (AvgIpc) is 2.89. The molecule has 0 aliphatic rings. The largest absolute Gasteiger partial charge is 0.349 e. The minimum Gasteiger partial charge on any atom is -0.349 e. The molecule has 8 heteroatoms. The number of aromatic nitrogens is 2. The minimum absolute atomic E-state index is 0.0799. The van der Waals surface area contributed by atoms with Gasteiger partial charge in [0.25, 0.3) is 0 Å². The van der Waals surface area contributed by atoms with Crippen LogP contribution in [0, 0.1) is 0 Å². The Labute approximate surface area is 134 Å². The lowest BCUT2D eigenvalue weighted by atomic mass is 10.1. The third-order valence-corrected chi connectivity index (χ3v) is 4.90. The second-order valence-corrected chi connectivity index (χ2v) is 6.85. The fourth-order valence-corrected chi connectivity index (χ4v) is 3.44. The summed E-state index contributed by atoms with van der Waals surface area (Å²) in [4.78, 5) is 11.9. The van der Waals surface area contributed by atoms with Gasteiger partial charge in [0, 0.05) is 10.0 Å². The van der Waals surface area contributed by atoms with Crippen molar-refractivity contribution >= 4 is 52.2 Å². The van der Waals surface area contributed by atoms with Crippen molar-refractivity contribution in [2.75, 3.05) is 5.75 Å². The molecule has 1 unspecified atom stereocenters. The zero-order valence-corrected chi connectivity index (χ0v) is 13.6. The monoisotopic (exact) mass is 347 g/mol. The number of nitrogens with zero attached hydrogens (tertiary/aromatic N) is 2. The Bertz CT molecular complexity index is 592. The maximum Gasteiger partial charge on any atom is 0.230 e. The van der Waals surface area contributed by atoms with Crippen LogP contribution in [-0.4, -0.2) is 21.9 Å². The summed E-state index contributed by atoms with van der Waals surface area (Å²) in [6, 6.07) is 5.05. The van der Waals surface area contributed by atoms with Gasteiger partial charge in [-0.15, -0.1) is 10.2 Å². The number of carbonyl (C=O) groups excluding carboxylic acids is 1. The van der Waals surface area contributed by atoms with Crippen LogP contribution in [0.15, 0.2) is 28.0 Å². The molecule has 0 aliphatic carbocycles. The van der Waals surface area contributed by atoms with Crippen molar-refractivity contribution in [3.63, 3.8) is 0 Å². The summed E-state index contributed by atoms with van der Waals surface area (Å²) in [6.07, 6.45) is 0. The van der Waals surface area contributed by atoms with Crippen LogP contribution in [0.2, 0.25) is 10.0 Å². The molecular weight excluding hydrogens is 337 g/mol. The van der Waals surface area contributed by atoms with Crippen molar-refractivity contribution in [1.82, 2.24) is 15.5 Å². The molecule has 0 radical (unpaired) electrons. The van der Waals surface area contributed by atoms with Crippen LogP contribution in [0.4, 0.5) is 0 Å². The van der Waals surface area contributed by atoms with E-state index in [0.29, 0.717) is 15.8 Å². The van der Waals surface area contributed by atoms with E-state index in [2.05, 4.69) is 15.5 Å². The molecule has 0 saturated carbocycles. The van der Waals surface area contributed by atoms with E-state index in [9.17, 15) is 4.79 Å². The Morgan fingerprint density at radius 3 is 2.95 bits per heavy atom. The summed E-state index contributed by atoms with van der Waals surface area (Å²) in [7, 11) is 0. The van der Waals surface area contributed by atoms with Gasteiger partial charge in [0.05, 0.1) is 11.8 Å². The standard InChI is InChI=1S/C12H11Cl2N3OS2/c1-7(9-3-2-8(13)4-10(9)14)16-11(18)5-19-12-17-15-6-20-12/h2-4,6-7H,5H2,1H3,(H,16,18). The van der Waals surface area contributed by atoms with E-state index in [4.69, 9.17) is 23.2 Å². The number of hydrogen-bond donors (Lipinski definition) is 1. The number of hydrogen-bond acceptors (Lipinski definition) is 5. The summed E-state index contributed by atoms with van der Waals surface area (Å²) in [5.41, 5.74) is 2.47. The second-order valence-electron chi connectivity index (χ2n) is 3.95. The first-order valence-corrected chi connectivity index (χ1v) is 8.31. The zero-order valence-electron chi connectivity index (χ0n) is 10.5. The smallest absolute Gasteiger partial charge is 0.230 e. The molecule has 1 aromatic heterocycles. The van der Waals surface area contributed by atoms with Gasteiger partial charge in [-0.2, -0.15) is 0 Å². The Balaban J connectivity index is 1.90. The van der Waals surface area contributed by atoms with Gasteiger partial charge in [0.15, 0.2) is 4.34 Å². The SMILES string of the molecule is CC(NC(=O)CSc1nncs1)c1ccc(Cl)cc1Cl. The predicted molar refractivity (Wildman–Crippen MR) is 83.7 cm³/mol. The highest BCUT2D eigenvalue weighted by atomic mass is 35.5. The number of rotatable bonds is 5. The van der Waals surface area contributed by atoms with Crippen LogP contribution >= 0.6 is 46.3 Å². The first kappa shape index (κ1) is 15.6. The highest BCUT2D eigenvalue weighted by Crippen LogP contribution is 2.26. The van der Waals surface area contributed by atoms with Crippen LogP contribution in [0.25, 0.3) is 0 Å². The molecule has 0 bridgehead atoms. The number of benzene rings is 1. The molecule has 0 aliphatic heterocycles. The van der Waals surface area contributed by atoms with Crippen molar-refractivity contribution in [3.05, 3.63) is 39.3 Å². The van der Waals surface area contributed by atoms with Gasteiger partial charge in [-0.3, -0.25) is 4.79 Å². The van der Waals surface area contributed by atoms with Crippen LogP contribution < -0.4 is 5.32 Å². The fraction of sp³-hybridized carbons (Fsp3) is 0.250. The lowest BCUT2D eigenvalue weighted by Crippen LogP contribution is -2.28. The Morgan fingerprint density at radius 2 is 2.30 bits per heavy atom. The molecule has 0 saturated heterocycles. The van der Waals surface area contributed by atoms with E-state index >= 15 is 0 Å². The molecule has 0 fully saturated rings. The van der Waals surface area contributed by atoms with Gasteiger partial charge in [0.2, 0.25) is 5.91 Å². The van der Waals surface area contributed by atoms with Gasteiger partial charge in [0.1, 0.15) is 5.51 Å². The van der Waals surface area contributed by atoms with Crippen molar-refractivity contribution in [1.29, 1.82) is 0 Å². The van der Waals surface area contributed by atoms with E-state index in [0.717, 1.165) is 9.90 Å². The number of thioether (sulfide) groups is 1. The molecule has 1 atom stereocenters. The Kier molecular flexibility index (Phi) is 5.65. The summed E-state index contributed by atoms with van der Waals surface area (Å²) < 4.78 is 0.775. The van der Waals surface area contributed by atoms with Crippen LogP contribution in [0.3, 0.4) is 0 Å². The maximum atomic E-state index is 11.9. The molecule has 1 amide bonds. The summed E-state index contributed by atoms with van der Waals surface area (Å²) in [5.74, 6) is 0.216. The maximum absolute atomic E-state index is 11.9. The molecule has 1 aromatic carbocycles. The molecule has 20 heavy (non-hydrogen) atoms. The minimum atomic E-state index is -0.178. The molecule has 1 heterocycles. The summed E-state index contributed by atoms with van der Waals surface area (Å²) in [5, 5.41) is 11.6. The van der Waals surface area contributed by atoms with Gasteiger partial charge in [-0.25, -0.2) is 0 Å². The quantitative estimate of drug-likeness (QED) is 0.835. The summed E-state index contributed by atoms with van der Waals surface area (Å²) in [6.45, 7) is 1.88. The molecule has 1 N–H and O–H groups in total. The van der Waals surface area contributed by atoms with E-state index in [1.54, 1.807) is 17.6 Å². The normalized spacial score (nSPS) is 12.2. The number of halogens is 2. The topological polar surface area (TPSA) is 54.9 Å². The average molecular weight is 348 g/mol. The second kappa shape index (κ2) is 7.26.